The molecule has 148 valence electrons. The van der Waals surface area contributed by atoms with Crippen LogP contribution in [0.3, 0.4) is 0 Å². The minimum atomic E-state index is -0.275. The number of hydrogen-bond acceptors (Lipinski definition) is 5. The van der Waals surface area contributed by atoms with Gasteiger partial charge < -0.3 is 9.47 Å². The number of carbonyl (C=O) groups is 2. The molecule has 0 aromatic heterocycles. The average molecular weight is 468 g/mol. The fourth-order valence-corrected chi connectivity index (χ4v) is 4.96. The number of nitrogens with zero attached hydrogens (tertiary/aromatic N) is 2. The molecule has 28 heavy (non-hydrogen) atoms. The molecule has 1 saturated carbocycles. The largest absolute Gasteiger partial charge is 0.493 e. The first-order valence-electron chi connectivity index (χ1n) is 9.16. The van der Waals surface area contributed by atoms with E-state index in [1.807, 2.05) is 13.8 Å². The summed E-state index contributed by atoms with van der Waals surface area (Å²) in [6, 6.07) is 1.70. The zero-order chi connectivity index (χ0) is 20.2. The summed E-state index contributed by atoms with van der Waals surface area (Å²) < 4.78 is 11.7. The number of imide groups is 1. The van der Waals surface area contributed by atoms with Crippen molar-refractivity contribution in [2.24, 2.45) is 28.8 Å². The Labute approximate surface area is 176 Å². The van der Waals surface area contributed by atoms with Crippen LogP contribution in [-0.4, -0.2) is 36.3 Å². The molecule has 1 aliphatic heterocycles. The van der Waals surface area contributed by atoms with E-state index >= 15 is 0 Å². The summed E-state index contributed by atoms with van der Waals surface area (Å²) in [7, 11) is 1.52. The van der Waals surface area contributed by atoms with Crippen molar-refractivity contribution in [3.8, 4) is 11.5 Å². The van der Waals surface area contributed by atoms with Crippen LogP contribution >= 0.6 is 27.5 Å². The van der Waals surface area contributed by atoms with Crippen LogP contribution in [0.4, 0.5) is 0 Å². The normalized spacial score (nSPS) is 28.1. The van der Waals surface area contributed by atoms with Crippen LogP contribution in [0, 0.1) is 23.7 Å². The summed E-state index contributed by atoms with van der Waals surface area (Å²) in [5.74, 6) is 0.177. The molecule has 1 saturated heterocycles. The zero-order valence-corrected chi connectivity index (χ0v) is 18.0. The van der Waals surface area contributed by atoms with E-state index in [1.54, 1.807) is 6.07 Å². The number of allylic oxidation sites excluding steroid dienone is 2. The maximum absolute atomic E-state index is 12.7. The highest BCUT2D eigenvalue weighted by Gasteiger charge is 2.59. The first-order valence-corrected chi connectivity index (χ1v) is 10.3. The summed E-state index contributed by atoms with van der Waals surface area (Å²) in [4.78, 5) is 25.5. The molecule has 3 aliphatic rings. The monoisotopic (exact) mass is 466 g/mol. The molecule has 2 amide bonds. The molecular formula is C20H20BrClN2O4. The predicted molar refractivity (Wildman–Crippen MR) is 109 cm³/mol. The molecule has 8 heteroatoms. The van der Waals surface area contributed by atoms with Gasteiger partial charge >= 0.3 is 0 Å². The van der Waals surface area contributed by atoms with Gasteiger partial charge in [0.2, 0.25) is 0 Å². The molecule has 1 heterocycles. The van der Waals surface area contributed by atoms with Crippen LogP contribution < -0.4 is 9.47 Å². The van der Waals surface area contributed by atoms with Crippen molar-refractivity contribution in [2.45, 2.75) is 26.4 Å². The van der Waals surface area contributed by atoms with Gasteiger partial charge in [-0.15, -0.1) is 0 Å². The van der Waals surface area contributed by atoms with Crippen molar-refractivity contribution in [1.82, 2.24) is 5.01 Å². The molecule has 2 bridgehead atoms. The zero-order valence-electron chi connectivity index (χ0n) is 15.7. The molecule has 1 aromatic carbocycles. The topological polar surface area (TPSA) is 68.2 Å². The van der Waals surface area contributed by atoms with Gasteiger partial charge in [0.15, 0.2) is 11.5 Å². The number of carbonyl (C=O) groups excluding carboxylic acids is 2. The highest BCUT2D eigenvalue weighted by atomic mass is 79.9. The third-order valence-electron chi connectivity index (χ3n) is 5.49. The van der Waals surface area contributed by atoms with E-state index in [1.165, 1.54) is 13.3 Å². The molecule has 4 atom stereocenters. The van der Waals surface area contributed by atoms with Crippen molar-refractivity contribution >= 4 is 45.6 Å². The molecule has 2 fully saturated rings. The number of rotatable bonds is 5. The Morgan fingerprint density at radius 1 is 1.25 bits per heavy atom. The number of amides is 2. The third kappa shape index (κ3) is 2.95. The van der Waals surface area contributed by atoms with Crippen molar-refractivity contribution in [2.75, 3.05) is 7.11 Å². The summed E-state index contributed by atoms with van der Waals surface area (Å²) >= 11 is 9.88. The number of ether oxygens (including phenoxy) is 2. The van der Waals surface area contributed by atoms with E-state index in [0.717, 1.165) is 11.4 Å². The van der Waals surface area contributed by atoms with E-state index in [2.05, 4.69) is 33.2 Å². The summed E-state index contributed by atoms with van der Waals surface area (Å²) in [5, 5.41) is 5.55. The highest BCUT2D eigenvalue weighted by Crippen LogP contribution is 2.52. The summed E-state index contributed by atoms with van der Waals surface area (Å²) in [6.45, 7) is 3.78. The number of fused-ring (bicyclic) bond motifs is 5. The van der Waals surface area contributed by atoms with Gasteiger partial charge in [0.1, 0.15) is 5.02 Å². The van der Waals surface area contributed by atoms with Crippen LogP contribution in [0.5, 0.6) is 11.5 Å². The predicted octanol–water partition coefficient (Wildman–Crippen LogP) is 4.04. The number of methoxy groups -OCH3 is 1. The van der Waals surface area contributed by atoms with Crippen LogP contribution in [0.15, 0.2) is 27.8 Å². The van der Waals surface area contributed by atoms with E-state index < -0.39 is 0 Å². The fraction of sp³-hybridized carbons (Fsp3) is 0.450. The summed E-state index contributed by atoms with van der Waals surface area (Å²) in [5.41, 5.74) is 0.580. The number of hydrazone groups is 1. The van der Waals surface area contributed by atoms with Gasteiger partial charge in [0.25, 0.3) is 11.8 Å². The Balaban J connectivity index is 1.63. The van der Waals surface area contributed by atoms with Crippen LogP contribution in [0.2, 0.25) is 5.02 Å². The second kappa shape index (κ2) is 7.19. The Bertz CT molecular complexity index is 884. The number of halogens is 2. The van der Waals surface area contributed by atoms with Gasteiger partial charge in [-0.05, 0) is 54.1 Å². The number of hydrogen-bond donors (Lipinski definition) is 0. The molecule has 2 aliphatic carbocycles. The Morgan fingerprint density at radius 3 is 2.39 bits per heavy atom. The number of benzene rings is 1. The lowest BCUT2D eigenvalue weighted by molar-refractivity contribution is -0.140. The third-order valence-corrected chi connectivity index (χ3v) is 6.93. The van der Waals surface area contributed by atoms with Crippen molar-refractivity contribution < 1.29 is 19.1 Å². The second-order valence-corrected chi connectivity index (χ2v) is 8.70. The first kappa shape index (κ1) is 19.5. The van der Waals surface area contributed by atoms with Crippen molar-refractivity contribution in [3.05, 3.63) is 33.3 Å². The summed E-state index contributed by atoms with van der Waals surface area (Å²) in [6.07, 6.45) is 6.36. The van der Waals surface area contributed by atoms with Gasteiger partial charge in [0, 0.05) is 10.0 Å². The standard InChI is InChI=1S/C20H20BrClN2O4/c1-9(2)28-18-13(27-3)7-12(16(21)17(18)22)8-23-24-19(25)14-10-4-5-11(6-10)15(14)20(24)26/h4-5,7-11,14-15H,6H2,1-3H3. The minimum Gasteiger partial charge on any atom is -0.493 e. The van der Waals surface area contributed by atoms with Crippen molar-refractivity contribution in [1.29, 1.82) is 0 Å². The lowest BCUT2D eigenvalue weighted by Gasteiger charge is -2.17. The van der Waals surface area contributed by atoms with Crippen LogP contribution in [0.25, 0.3) is 0 Å². The van der Waals surface area contributed by atoms with E-state index in [-0.39, 0.29) is 41.6 Å². The highest BCUT2D eigenvalue weighted by molar-refractivity contribution is 9.10. The molecule has 6 nitrogen and oxygen atoms in total. The molecule has 0 spiro atoms. The van der Waals surface area contributed by atoms with Crippen LogP contribution in [0.1, 0.15) is 25.8 Å². The van der Waals surface area contributed by atoms with Gasteiger partial charge in [-0.2, -0.15) is 10.1 Å². The Kier molecular flexibility index (Phi) is 5.00. The lowest BCUT2D eigenvalue weighted by atomic mass is 9.85. The van der Waals surface area contributed by atoms with Crippen molar-refractivity contribution in [3.63, 3.8) is 0 Å². The smallest absolute Gasteiger partial charge is 0.254 e. The lowest BCUT2D eigenvalue weighted by Crippen LogP contribution is -2.28. The van der Waals surface area contributed by atoms with Crippen LogP contribution in [-0.2, 0) is 9.59 Å². The van der Waals surface area contributed by atoms with Gasteiger partial charge in [-0.1, -0.05) is 23.8 Å². The van der Waals surface area contributed by atoms with E-state index in [9.17, 15) is 9.59 Å². The van der Waals surface area contributed by atoms with Gasteiger partial charge in [-0.3, -0.25) is 9.59 Å². The molecule has 0 N–H and O–H groups in total. The van der Waals surface area contributed by atoms with Gasteiger partial charge in [-0.25, -0.2) is 0 Å². The fourth-order valence-electron chi connectivity index (χ4n) is 4.32. The second-order valence-electron chi connectivity index (χ2n) is 7.52. The maximum Gasteiger partial charge on any atom is 0.254 e. The Hall–Kier alpha value is -1.86. The maximum atomic E-state index is 12.7. The Morgan fingerprint density at radius 2 is 1.86 bits per heavy atom. The quantitative estimate of drug-likeness (QED) is 0.372. The first-order chi connectivity index (χ1) is 13.3. The van der Waals surface area contributed by atoms with E-state index in [4.69, 9.17) is 21.1 Å². The minimum absolute atomic E-state index is 0.0824. The molecule has 4 unspecified atom stereocenters. The molecule has 1 aromatic rings. The van der Waals surface area contributed by atoms with E-state index in [0.29, 0.717) is 26.6 Å². The molecular weight excluding hydrogens is 448 g/mol. The SMILES string of the molecule is COc1cc(C=NN2C(=O)C3C4C=CC(C4)C3C2=O)c(Br)c(Cl)c1OC(C)C. The molecule has 0 radical (unpaired) electrons. The average Bonchev–Trinajstić information content (AvgIpc) is 3.33. The molecule has 4 rings (SSSR count). The van der Waals surface area contributed by atoms with Gasteiger partial charge in [0.05, 0.1) is 31.3 Å².